The molecule has 1 aromatic carbocycles. The third-order valence-corrected chi connectivity index (χ3v) is 3.01. The first-order valence-corrected chi connectivity index (χ1v) is 6.61. The fourth-order valence-corrected chi connectivity index (χ4v) is 2.22. The van der Waals surface area contributed by atoms with Crippen molar-refractivity contribution in [3.63, 3.8) is 0 Å². The number of hydrogen-bond donors (Lipinski definition) is 2. The Morgan fingerprint density at radius 2 is 2.05 bits per heavy atom. The number of unbranched alkanes of at least 4 members (excludes halogenated alkanes) is 1. The number of aryl methyl sites for hydroxylation is 2. The Hall–Kier alpha value is -1.55. The summed E-state index contributed by atoms with van der Waals surface area (Å²) in [6.07, 6.45) is 1.83. The van der Waals surface area contributed by atoms with Crippen LogP contribution in [0.5, 0.6) is 5.75 Å². The smallest absolute Gasteiger partial charge is 0.303 e. The number of methoxy groups -OCH3 is 1. The Bertz CT molecular complexity index is 430. The number of rotatable bonds is 8. The molecule has 0 atom stereocenters. The summed E-state index contributed by atoms with van der Waals surface area (Å²) in [5.74, 6) is 0.208. The summed E-state index contributed by atoms with van der Waals surface area (Å²) < 4.78 is 5.42. The molecule has 0 saturated carbocycles. The lowest BCUT2D eigenvalue weighted by atomic mass is 10.1. The normalized spacial score (nSPS) is 10.5. The van der Waals surface area contributed by atoms with E-state index in [1.54, 1.807) is 7.11 Å². The number of carboxylic acid groups (broad SMARTS) is 1. The van der Waals surface area contributed by atoms with Crippen LogP contribution in [0.15, 0.2) is 12.1 Å². The highest BCUT2D eigenvalue weighted by molar-refractivity contribution is 5.66. The molecule has 0 aliphatic carbocycles. The summed E-state index contributed by atoms with van der Waals surface area (Å²) in [6.45, 7) is 5.69. The van der Waals surface area contributed by atoms with Gasteiger partial charge in [-0.3, -0.25) is 4.79 Å². The van der Waals surface area contributed by atoms with Gasteiger partial charge in [0.05, 0.1) is 7.11 Å². The average Bonchev–Trinajstić information content (AvgIpc) is 2.32. The molecule has 106 valence electrons. The Morgan fingerprint density at radius 1 is 1.32 bits per heavy atom. The van der Waals surface area contributed by atoms with Gasteiger partial charge in [0.15, 0.2) is 0 Å². The van der Waals surface area contributed by atoms with Crippen molar-refractivity contribution in [2.75, 3.05) is 13.7 Å². The molecule has 1 aromatic rings. The number of benzene rings is 1. The number of carbonyl (C=O) groups is 1. The van der Waals surface area contributed by atoms with Crippen molar-refractivity contribution in [1.82, 2.24) is 5.32 Å². The van der Waals surface area contributed by atoms with Crippen LogP contribution in [0, 0.1) is 13.8 Å². The lowest BCUT2D eigenvalue weighted by Gasteiger charge is -2.13. The van der Waals surface area contributed by atoms with E-state index in [2.05, 4.69) is 24.4 Å². The Morgan fingerprint density at radius 3 is 2.68 bits per heavy atom. The van der Waals surface area contributed by atoms with Crippen molar-refractivity contribution in [1.29, 1.82) is 0 Å². The van der Waals surface area contributed by atoms with Crippen LogP contribution in [0.1, 0.15) is 36.0 Å². The van der Waals surface area contributed by atoms with Gasteiger partial charge in [-0.1, -0.05) is 17.7 Å². The minimum atomic E-state index is -0.726. The second-order valence-electron chi connectivity index (χ2n) is 4.80. The van der Waals surface area contributed by atoms with Crippen LogP contribution in [-0.2, 0) is 11.3 Å². The molecule has 19 heavy (non-hydrogen) atoms. The van der Waals surface area contributed by atoms with Gasteiger partial charge in [-0.15, -0.1) is 0 Å². The van der Waals surface area contributed by atoms with Gasteiger partial charge in [0, 0.05) is 18.5 Å². The van der Waals surface area contributed by atoms with Crippen molar-refractivity contribution in [3.8, 4) is 5.75 Å². The molecule has 0 fully saturated rings. The standard InChI is InChI=1S/C15H23NO3/c1-11-8-12(2)15(19-3)13(9-11)10-16-7-5-4-6-14(17)18/h8-9,16H,4-7,10H2,1-3H3,(H,17,18). The van der Waals surface area contributed by atoms with E-state index in [0.29, 0.717) is 6.42 Å². The van der Waals surface area contributed by atoms with E-state index >= 15 is 0 Å². The molecule has 2 N–H and O–H groups in total. The molecule has 0 bridgehead atoms. The van der Waals surface area contributed by atoms with Crippen molar-refractivity contribution in [2.24, 2.45) is 0 Å². The molecule has 4 nitrogen and oxygen atoms in total. The number of carboxylic acids is 1. The van der Waals surface area contributed by atoms with E-state index in [9.17, 15) is 4.79 Å². The van der Waals surface area contributed by atoms with E-state index in [4.69, 9.17) is 9.84 Å². The summed E-state index contributed by atoms with van der Waals surface area (Å²) in [5, 5.41) is 11.9. The van der Waals surface area contributed by atoms with Gasteiger partial charge in [0.2, 0.25) is 0 Å². The second kappa shape index (κ2) is 7.79. The zero-order valence-electron chi connectivity index (χ0n) is 12.0. The van der Waals surface area contributed by atoms with Gasteiger partial charge < -0.3 is 15.2 Å². The highest BCUT2D eigenvalue weighted by Crippen LogP contribution is 2.24. The molecular weight excluding hydrogens is 242 g/mol. The van der Waals surface area contributed by atoms with E-state index in [1.165, 1.54) is 5.56 Å². The zero-order valence-corrected chi connectivity index (χ0v) is 12.0. The van der Waals surface area contributed by atoms with Crippen molar-refractivity contribution >= 4 is 5.97 Å². The minimum Gasteiger partial charge on any atom is -0.496 e. The molecular formula is C15H23NO3. The fourth-order valence-electron chi connectivity index (χ4n) is 2.22. The van der Waals surface area contributed by atoms with Crippen LogP contribution in [0.2, 0.25) is 0 Å². The van der Waals surface area contributed by atoms with Crippen LogP contribution >= 0.6 is 0 Å². The lowest BCUT2D eigenvalue weighted by Crippen LogP contribution is -2.16. The summed E-state index contributed by atoms with van der Waals surface area (Å²) >= 11 is 0. The number of hydrogen-bond acceptors (Lipinski definition) is 3. The summed E-state index contributed by atoms with van der Waals surface area (Å²) in [7, 11) is 1.69. The van der Waals surface area contributed by atoms with E-state index < -0.39 is 5.97 Å². The first-order valence-electron chi connectivity index (χ1n) is 6.61. The molecule has 0 unspecified atom stereocenters. The van der Waals surface area contributed by atoms with E-state index in [0.717, 1.165) is 36.4 Å². The summed E-state index contributed by atoms with van der Waals surface area (Å²) in [4.78, 5) is 10.4. The second-order valence-corrected chi connectivity index (χ2v) is 4.80. The maximum Gasteiger partial charge on any atom is 0.303 e. The molecule has 0 heterocycles. The zero-order chi connectivity index (χ0) is 14.3. The van der Waals surface area contributed by atoms with Crippen molar-refractivity contribution < 1.29 is 14.6 Å². The average molecular weight is 265 g/mol. The molecule has 0 aliphatic rings. The van der Waals surface area contributed by atoms with Crippen molar-refractivity contribution in [2.45, 2.75) is 39.7 Å². The Balaban J connectivity index is 2.42. The maximum absolute atomic E-state index is 10.4. The molecule has 1 rings (SSSR count). The Labute approximate surface area is 114 Å². The number of aliphatic carboxylic acids is 1. The maximum atomic E-state index is 10.4. The van der Waals surface area contributed by atoms with Gasteiger partial charge in [0.25, 0.3) is 0 Å². The molecule has 0 amide bonds. The largest absolute Gasteiger partial charge is 0.496 e. The van der Waals surface area contributed by atoms with Gasteiger partial charge in [-0.2, -0.15) is 0 Å². The molecule has 0 aromatic heterocycles. The van der Waals surface area contributed by atoms with E-state index in [1.807, 2.05) is 6.92 Å². The van der Waals surface area contributed by atoms with Gasteiger partial charge in [-0.05, 0) is 38.8 Å². The minimum absolute atomic E-state index is 0.245. The first kappa shape index (κ1) is 15.5. The highest BCUT2D eigenvalue weighted by Gasteiger charge is 2.07. The predicted molar refractivity (Wildman–Crippen MR) is 75.7 cm³/mol. The molecule has 4 heteroatoms. The molecule has 0 saturated heterocycles. The van der Waals surface area contributed by atoms with Gasteiger partial charge >= 0.3 is 5.97 Å². The Kier molecular flexibility index (Phi) is 6.36. The number of nitrogens with one attached hydrogen (secondary N) is 1. The van der Waals surface area contributed by atoms with Crippen molar-refractivity contribution in [3.05, 3.63) is 28.8 Å². The van der Waals surface area contributed by atoms with Gasteiger partial charge in [-0.25, -0.2) is 0 Å². The highest BCUT2D eigenvalue weighted by atomic mass is 16.5. The van der Waals surface area contributed by atoms with Gasteiger partial charge in [0.1, 0.15) is 5.75 Å². The van der Waals surface area contributed by atoms with E-state index in [-0.39, 0.29) is 6.42 Å². The number of ether oxygens (including phenoxy) is 1. The van der Waals surface area contributed by atoms with Crippen LogP contribution in [0.3, 0.4) is 0 Å². The predicted octanol–water partition coefficient (Wildman–Crippen LogP) is 2.66. The topological polar surface area (TPSA) is 58.6 Å². The van der Waals surface area contributed by atoms with Crippen LogP contribution < -0.4 is 10.1 Å². The molecule has 0 radical (unpaired) electrons. The van der Waals surface area contributed by atoms with Crippen LogP contribution in [-0.4, -0.2) is 24.7 Å². The third-order valence-electron chi connectivity index (χ3n) is 3.01. The monoisotopic (exact) mass is 265 g/mol. The lowest BCUT2D eigenvalue weighted by molar-refractivity contribution is -0.137. The summed E-state index contributed by atoms with van der Waals surface area (Å²) in [6, 6.07) is 4.23. The molecule has 0 spiro atoms. The fraction of sp³-hybridized carbons (Fsp3) is 0.533. The SMILES string of the molecule is COc1c(C)cc(C)cc1CNCCCCC(=O)O. The van der Waals surface area contributed by atoms with Crippen LogP contribution in [0.4, 0.5) is 0 Å². The first-order chi connectivity index (χ1) is 9.04. The van der Waals surface area contributed by atoms with Crippen LogP contribution in [0.25, 0.3) is 0 Å². The molecule has 0 aliphatic heterocycles. The summed E-state index contributed by atoms with van der Waals surface area (Å²) in [5.41, 5.74) is 3.52. The quantitative estimate of drug-likeness (QED) is 0.709. The third kappa shape index (κ3) is 5.30.